The number of H-pyrrole nitrogens is 1. The van der Waals surface area contributed by atoms with Crippen LogP contribution in [0.2, 0.25) is 0 Å². The summed E-state index contributed by atoms with van der Waals surface area (Å²) in [5.74, 6) is -1.50. The molecule has 0 radical (unpaired) electrons. The Morgan fingerprint density at radius 3 is 2.58 bits per heavy atom. The quantitative estimate of drug-likeness (QED) is 0.539. The van der Waals surface area contributed by atoms with E-state index in [0.29, 0.717) is 11.3 Å². The van der Waals surface area contributed by atoms with Crippen LogP contribution in [-0.2, 0) is 11.0 Å². The first-order valence-electron chi connectivity index (χ1n) is 7.47. The van der Waals surface area contributed by atoms with E-state index in [0.717, 1.165) is 0 Å². The predicted molar refractivity (Wildman–Crippen MR) is 88.5 cm³/mol. The molecule has 0 aliphatic rings. The molecule has 6 nitrogen and oxygen atoms in total. The highest BCUT2D eigenvalue weighted by atomic mass is 19.4. The van der Waals surface area contributed by atoms with Gasteiger partial charge < -0.3 is 15.6 Å². The number of aromatic nitrogens is 2. The summed E-state index contributed by atoms with van der Waals surface area (Å²) < 4.78 is 38.1. The Morgan fingerprint density at radius 2 is 1.92 bits per heavy atom. The van der Waals surface area contributed by atoms with Gasteiger partial charge in [0.15, 0.2) is 5.75 Å². The lowest BCUT2D eigenvalue weighted by Crippen LogP contribution is -2.17. The van der Waals surface area contributed by atoms with Crippen LogP contribution in [0.3, 0.4) is 0 Å². The zero-order valence-electron chi connectivity index (χ0n) is 13.2. The molecule has 0 aliphatic carbocycles. The number of imidazole rings is 1. The second-order valence-corrected chi connectivity index (χ2v) is 5.40. The van der Waals surface area contributed by atoms with E-state index in [-0.39, 0.29) is 23.2 Å². The molecule has 3 N–H and O–H groups in total. The molecule has 0 unspecified atom stereocenters. The highest BCUT2D eigenvalue weighted by Crippen LogP contribution is 2.29. The number of rotatable bonds is 5. The molecule has 2 aromatic carbocycles. The lowest BCUT2D eigenvalue weighted by Gasteiger charge is -2.05. The fourth-order valence-electron chi connectivity index (χ4n) is 2.27. The summed E-state index contributed by atoms with van der Waals surface area (Å²) in [5, 5.41) is 3.92. The maximum Gasteiger partial charge on any atom is 0.449 e. The number of halogens is 3. The standard InChI is InChI=1S/C17H13F3N4O2/c18-17(19,20)16-22-12-7-6-11(8-14(12)23-16)26-24-13(9-15(21)25)10-4-2-1-3-5-10/h1-8H,9H2,(H2,21,25)(H,22,23)/b24-13+. The van der Waals surface area contributed by atoms with Crippen LogP contribution < -0.4 is 10.6 Å². The van der Waals surface area contributed by atoms with Gasteiger partial charge in [-0.3, -0.25) is 4.79 Å². The van der Waals surface area contributed by atoms with E-state index in [1.165, 1.54) is 18.2 Å². The summed E-state index contributed by atoms with van der Waals surface area (Å²) in [6, 6.07) is 13.0. The summed E-state index contributed by atoms with van der Waals surface area (Å²) in [7, 11) is 0. The molecule has 1 heterocycles. The number of nitrogens with two attached hydrogens (primary N) is 1. The average molecular weight is 362 g/mol. The number of benzene rings is 2. The van der Waals surface area contributed by atoms with Crippen molar-refractivity contribution in [1.82, 2.24) is 9.97 Å². The summed E-state index contributed by atoms with van der Waals surface area (Å²) >= 11 is 0. The Kier molecular flexibility index (Phi) is 4.61. The highest BCUT2D eigenvalue weighted by Gasteiger charge is 2.34. The zero-order chi connectivity index (χ0) is 18.7. The minimum absolute atomic E-state index is 0.0844. The lowest BCUT2D eigenvalue weighted by molar-refractivity contribution is -0.144. The Hall–Kier alpha value is -3.36. The summed E-state index contributed by atoms with van der Waals surface area (Å²) in [5.41, 5.74) is 6.47. The van der Waals surface area contributed by atoms with Crippen molar-refractivity contribution in [2.24, 2.45) is 10.9 Å². The number of nitrogens with one attached hydrogen (secondary N) is 1. The fraction of sp³-hybridized carbons (Fsp3) is 0.118. The van der Waals surface area contributed by atoms with Crippen molar-refractivity contribution in [3.05, 3.63) is 59.9 Å². The van der Waals surface area contributed by atoms with E-state index < -0.39 is 17.9 Å². The fourth-order valence-corrected chi connectivity index (χ4v) is 2.27. The molecule has 0 atom stereocenters. The molecule has 3 aromatic rings. The molecular weight excluding hydrogens is 349 g/mol. The van der Waals surface area contributed by atoms with Crippen molar-refractivity contribution in [2.75, 3.05) is 0 Å². The van der Waals surface area contributed by atoms with Crippen LogP contribution in [0, 0.1) is 0 Å². The van der Waals surface area contributed by atoms with Crippen LogP contribution >= 0.6 is 0 Å². The molecule has 9 heteroatoms. The number of oxime groups is 1. The van der Waals surface area contributed by atoms with Crippen molar-refractivity contribution in [3.63, 3.8) is 0 Å². The number of fused-ring (bicyclic) bond motifs is 1. The van der Waals surface area contributed by atoms with Gasteiger partial charge in [0.2, 0.25) is 11.7 Å². The molecule has 1 aromatic heterocycles. The van der Waals surface area contributed by atoms with Crippen molar-refractivity contribution < 1.29 is 22.8 Å². The van der Waals surface area contributed by atoms with Gasteiger partial charge in [-0.25, -0.2) is 4.98 Å². The minimum Gasteiger partial charge on any atom is -0.369 e. The number of carbonyl (C=O) groups excluding carboxylic acids is 1. The topological polar surface area (TPSA) is 93.4 Å². The third-order valence-corrected chi connectivity index (χ3v) is 3.43. The van der Waals surface area contributed by atoms with Crippen molar-refractivity contribution in [1.29, 1.82) is 0 Å². The van der Waals surface area contributed by atoms with Crippen LogP contribution in [0.5, 0.6) is 5.75 Å². The summed E-state index contributed by atoms with van der Waals surface area (Å²) in [6.45, 7) is 0. The van der Waals surface area contributed by atoms with Gasteiger partial charge in [-0.15, -0.1) is 0 Å². The van der Waals surface area contributed by atoms with Gasteiger partial charge in [0.05, 0.1) is 23.2 Å². The summed E-state index contributed by atoms with van der Waals surface area (Å²) in [6.07, 6.45) is -4.72. The first kappa shape index (κ1) is 17.5. The lowest BCUT2D eigenvalue weighted by atomic mass is 10.1. The first-order valence-corrected chi connectivity index (χ1v) is 7.47. The van der Waals surface area contributed by atoms with Gasteiger partial charge in [0.25, 0.3) is 0 Å². The molecule has 134 valence electrons. The average Bonchev–Trinajstić information content (AvgIpc) is 3.03. The van der Waals surface area contributed by atoms with Crippen LogP contribution in [-0.4, -0.2) is 21.6 Å². The maximum absolute atomic E-state index is 12.7. The Labute approximate surface area is 145 Å². The van der Waals surface area contributed by atoms with Gasteiger partial charge in [-0.2, -0.15) is 13.2 Å². The SMILES string of the molecule is NC(=O)C/C(=N\Oc1ccc2[nH]c(C(F)(F)F)nc2c1)c1ccccc1. The first-order chi connectivity index (χ1) is 12.3. The predicted octanol–water partition coefficient (Wildman–Crippen LogP) is 3.24. The van der Waals surface area contributed by atoms with Gasteiger partial charge in [-0.1, -0.05) is 35.5 Å². The number of hydrogen-bond acceptors (Lipinski definition) is 4. The number of aromatic amines is 1. The Balaban J connectivity index is 1.88. The van der Waals surface area contributed by atoms with Crippen LogP contribution in [0.25, 0.3) is 11.0 Å². The van der Waals surface area contributed by atoms with E-state index in [9.17, 15) is 18.0 Å². The number of amides is 1. The minimum atomic E-state index is -4.57. The second kappa shape index (κ2) is 6.87. The molecule has 26 heavy (non-hydrogen) atoms. The third kappa shape index (κ3) is 4.00. The maximum atomic E-state index is 12.7. The number of alkyl halides is 3. The zero-order valence-corrected chi connectivity index (χ0v) is 13.2. The van der Waals surface area contributed by atoms with E-state index in [1.807, 2.05) is 0 Å². The second-order valence-electron chi connectivity index (χ2n) is 5.40. The van der Waals surface area contributed by atoms with Gasteiger partial charge in [-0.05, 0) is 17.7 Å². The number of hydrogen-bond donors (Lipinski definition) is 2. The number of nitrogens with zero attached hydrogens (tertiary/aromatic N) is 2. The normalized spacial score (nSPS) is 12.3. The van der Waals surface area contributed by atoms with Crippen LogP contribution in [0.1, 0.15) is 17.8 Å². The Morgan fingerprint density at radius 1 is 1.19 bits per heavy atom. The largest absolute Gasteiger partial charge is 0.449 e. The van der Waals surface area contributed by atoms with Crippen LogP contribution in [0.15, 0.2) is 53.7 Å². The van der Waals surface area contributed by atoms with E-state index in [2.05, 4.69) is 15.1 Å². The molecule has 0 spiro atoms. The summed E-state index contributed by atoms with van der Waals surface area (Å²) in [4.78, 5) is 22.2. The molecule has 0 bridgehead atoms. The Bertz CT molecular complexity index is 965. The third-order valence-electron chi connectivity index (χ3n) is 3.43. The molecule has 1 amide bonds. The van der Waals surface area contributed by atoms with E-state index in [1.54, 1.807) is 30.3 Å². The van der Waals surface area contributed by atoms with Gasteiger partial charge in [0.1, 0.15) is 0 Å². The van der Waals surface area contributed by atoms with Crippen molar-refractivity contribution in [2.45, 2.75) is 12.6 Å². The molecule has 0 saturated heterocycles. The van der Waals surface area contributed by atoms with Gasteiger partial charge in [0, 0.05) is 6.07 Å². The number of carbonyl (C=O) groups is 1. The smallest absolute Gasteiger partial charge is 0.369 e. The monoisotopic (exact) mass is 362 g/mol. The molecule has 3 rings (SSSR count). The molecule has 0 saturated carbocycles. The molecule has 0 fully saturated rings. The number of primary amides is 1. The van der Waals surface area contributed by atoms with E-state index >= 15 is 0 Å². The van der Waals surface area contributed by atoms with Crippen molar-refractivity contribution in [3.8, 4) is 5.75 Å². The molecule has 0 aliphatic heterocycles. The van der Waals surface area contributed by atoms with Gasteiger partial charge >= 0.3 is 6.18 Å². The van der Waals surface area contributed by atoms with Crippen LogP contribution in [0.4, 0.5) is 13.2 Å². The van der Waals surface area contributed by atoms with E-state index in [4.69, 9.17) is 10.6 Å². The van der Waals surface area contributed by atoms with Crippen molar-refractivity contribution >= 4 is 22.7 Å². The highest BCUT2D eigenvalue weighted by molar-refractivity contribution is 6.09. The molecular formula is C17H13F3N4O2.